The molecule has 0 saturated carbocycles. The smallest absolute Gasteiger partial charge is 0.256 e. The molecule has 35 heavy (non-hydrogen) atoms. The van der Waals surface area contributed by atoms with Gasteiger partial charge in [0.1, 0.15) is 5.54 Å². The second kappa shape index (κ2) is 8.32. The lowest BCUT2D eigenvalue weighted by Crippen LogP contribution is -2.56. The van der Waals surface area contributed by atoms with Gasteiger partial charge in [0, 0.05) is 24.2 Å². The van der Waals surface area contributed by atoms with Crippen LogP contribution < -0.4 is 5.32 Å². The maximum Gasteiger partial charge on any atom is 0.256 e. The minimum atomic E-state index is -0.922. The van der Waals surface area contributed by atoms with Gasteiger partial charge in [0.05, 0.1) is 42.0 Å². The van der Waals surface area contributed by atoms with Gasteiger partial charge in [-0.15, -0.1) is 11.3 Å². The highest BCUT2D eigenvalue weighted by atomic mass is 32.1. The zero-order valence-electron chi connectivity index (χ0n) is 19.4. The number of aromatic nitrogens is 2. The van der Waals surface area contributed by atoms with E-state index in [-0.39, 0.29) is 18.5 Å². The molecule has 7 nitrogen and oxygen atoms in total. The van der Waals surface area contributed by atoms with Crippen LogP contribution in [-0.2, 0) is 21.6 Å². The molecule has 3 aliphatic heterocycles. The molecule has 1 spiro atoms. The van der Waals surface area contributed by atoms with Crippen LogP contribution in [0.2, 0.25) is 0 Å². The number of hydrogen-bond acceptors (Lipinski definition) is 7. The third-order valence-corrected chi connectivity index (χ3v) is 8.49. The topological polar surface area (TPSA) is 76.6 Å². The fourth-order valence-corrected chi connectivity index (χ4v) is 6.50. The van der Waals surface area contributed by atoms with Crippen molar-refractivity contribution in [2.75, 3.05) is 31.7 Å². The summed E-state index contributed by atoms with van der Waals surface area (Å²) < 4.78 is 38.3. The number of nitrogens with one attached hydrogen (secondary N) is 1. The number of hydrogen-bond donors (Lipinski definition) is 1. The van der Waals surface area contributed by atoms with Gasteiger partial charge >= 0.3 is 0 Å². The van der Waals surface area contributed by atoms with Gasteiger partial charge in [-0.3, -0.25) is 4.79 Å². The molecular weight excluding hydrogens is 474 g/mol. The highest BCUT2D eigenvalue weighted by molar-refractivity contribution is 7.16. The number of thiophene rings is 1. The molecule has 3 aliphatic rings. The average molecular weight is 499 g/mol. The summed E-state index contributed by atoms with van der Waals surface area (Å²) in [5, 5.41) is 3.34. The summed E-state index contributed by atoms with van der Waals surface area (Å²) in [5.74, 6) is -1.41. The van der Waals surface area contributed by atoms with E-state index in [1.54, 1.807) is 22.4 Å². The van der Waals surface area contributed by atoms with Crippen molar-refractivity contribution < 1.29 is 23.0 Å². The zero-order chi connectivity index (χ0) is 24.3. The number of amides is 1. The Bertz CT molecular complexity index is 1330. The predicted octanol–water partition coefficient (Wildman–Crippen LogP) is 4.18. The number of carbonyl (C=O) groups excluding carboxylic acids is 1. The molecule has 0 unspecified atom stereocenters. The van der Waals surface area contributed by atoms with E-state index in [4.69, 9.17) is 14.5 Å². The molecule has 0 bridgehead atoms. The number of benzene rings is 1. The Kier molecular flexibility index (Phi) is 5.35. The minimum Gasteiger partial charge on any atom is -0.379 e. The monoisotopic (exact) mass is 498 g/mol. The van der Waals surface area contributed by atoms with Crippen LogP contribution in [0.25, 0.3) is 10.6 Å². The van der Waals surface area contributed by atoms with Gasteiger partial charge < -0.3 is 19.7 Å². The molecule has 6 rings (SSSR count). The standard InChI is InChI=1S/C25H24F2N4O3S/c1-13-8-28-24(29-16-5-6-33-10-16)30-20(13)21-14(2)19-22(35-21)25(11-34-12-25)31(23(19)32)9-15-3-4-17(26)18(27)7-15/h3-4,7-8,16H,5-6,9-12H2,1-2H3,(H,28,29,30)/t16-/m1/s1. The Morgan fingerprint density at radius 3 is 2.74 bits per heavy atom. The predicted molar refractivity (Wildman–Crippen MR) is 126 cm³/mol. The molecular formula is C25H24F2N4O3S. The molecule has 2 fully saturated rings. The number of nitrogens with zero attached hydrogens (tertiary/aromatic N) is 3. The lowest BCUT2D eigenvalue weighted by molar-refractivity contribution is -0.126. The largest absolute Gasteiger partial charge is 0.379 e. The zero-order valence-corrected chi connectivity index (χ0v) is 20.2. The van der Waals surface area contributed by atoms with Gasteiger partial charge in [-0.25, -0.2) is 18.7 Å². The number of fused-ring (bicyclic) bond motifs is 2. The molecule has 182 valence electrons. The normalized spacial score (nSPS) is 20.4. The molecule has 2 saturated heterocycles. The van der Waals surface area contributed by atoms with Crippen LogP contribution in [0.15, 0.2) is 24.4 Å². The first-order valence-corrected chi connectivity index (χ1v) is 12.3. The number of rotatable bonds is 5. The molecule has 1 amide bonds. The Hall–Kier alpha value is -2.95. The summed E-state index contributed by atoms with van der Waals surface area (Å²) in [5.41, 5.74) is 3.18. The fourth-order valence-electron chi connectivity index (χ4n) is 4.97. The first-order chi connectivity index (χ1) is 16.9. The van der Waals surface area contributed by atoms with Crippen molar-refractivity contribution >= 4 is 23.2 Å². The molecule has 0 aliphatic carbocycles. The summed E-state index contributed by atoms with van der Waals surface area (Å²) in [6.45, 7) is 6.17. The Morgan fingerprint density at radius 1 is 1.23 bits per heavy atom. The summed E-state index contributed by atoms with van der Waals surface area (Å²) in [6, 6.07) is 3.93. The average Bonchev–Trinajstić information content (AvgIpc) is 3.49. The maximum absolute atomic E-state index is 13.8. The van der Waals surface area contributed by atoms with E-state index in [1.165, 1.54) is 6.07 Å². The third kappa shape index (κ3) is 3.54. The van der Waals surface area contributed by atoms with Crippen LogP contribution in [0.1, 0.15) is 38.3 Å². The molecule has 1 N–H and O–H groups in total. The van der Waals surface area contributed by atoms with E-state index in [0.717, 1.165) is 51.7 Å². The van der Waals surface area contributed by atoms with E-state index < -0.39 is 17.2 Å². The third-order valence-electron chi connectivity index (χ3n) is 7.00. The SMILES string of the molecule is Cc1cnc(N[C@@H]2CCOC2)nc1-c1sc2c(c1C)C(=O)N(Cc1ccc(F)c(F)c1)C21COC1. The number of anilines is 1. The quantitative estimate of drug-likeness (QED) is 0.569. The van der Waals surface area contributed by atoms with Crippen molar-refractivity contribution in [3.05, 3.63) is 63.2 Å². The van der Waals surface area contributed by atoms with Crippen molar-refractivity contribution in [2.24, 2.45) is 0 Å². The molecule has 0 radical (unpaired) electrons. The van der Waals surface area contributed by atoms with E-state index in [9.17, 15) is 13.6 Å². The first kappa shape index (κ1) is 22.5. The minimum absolute atomic E-state index is 0.124. The molecule has 10 heteroatoms. The lowest BCUT2D eigenvalue weighted by Gasteiger charge is -2.45. The number of ether oxygens (including phenoxy) is 2. The van der Waals surface area contributed by atoms with Crippen molar-refractivity contribution in [2.45, 2.75) is 38.4 Å². The van der Waals surface area contributed by atoms with Gasteiger partial charge in [0.15, 0.2) is 11.6 Å². The van der Waals surface area contributed by atoms with Gasteiger partial charge in [0.25, 0.3) is 5.91 Å². The van der Waals surface area contributed by atoms with Crippen LogP contribution in [0.5, 0.6) is 0 Å². The summed E-state index contributed by atoms with van der Waals surface area (Å²) in [6.07, 6.45) is 2.70. The number of aryl methyl sites for hydroxylation is 1. The summed E-state index contributed by atoms with van der Waals surface area (Å²) >= 11 is 1.55. The van der Waals surface area contributed by atoms with E-state index in [2.05, 4.69) is 10.3 Å². The second-order valence-electron chi connectivity index (χ2n) is 9.35. The molecule has 1 atom stereocenters. The van der Waals surface area contributed by atoms with Gasteiger partial charge in [-0.2, -0.15) is 0 Å². The first-order valence-electron chi connectivity index (χ1n) is 11.5. The van der Waals surface area contributed by atoms with Crippen LogP contribution in [0, 0.1) is 25.5 Å². The summed E-state index contributed by atoms with van der Waals surface area (Å²) in [7, 11) is 0. The fraction of sp³-hybridized carbons (Fsp3) is 0.400. The maximum atomic E-state index is 13.8. The van der Waals surface area contributed by atoms with E-state index >= 15 is 0 Å². The molecule has 3 aromatic rings. The highest BCUT2D eigenvalue weighted by Gasteiger charge is 2.57. The Labute approximate surface area is 205 Å². The van der Waals surface area contributed by atoms with Crippen molar-refractivity contribution in [3.8, 4) is 10.6 Å². The number of carbonyl (C=O) groups is 1. The van der Waals surface area contributed by atoms with Crippen molar-refractivity contribution in [1.82, 2.24) is 14.9 Å². The Morgan fingerprint density at radius 2 is 2.06 bits per heavy atom. The van der Waals surface area contributed by atoms with Crippen molar-refractivity contribution in [1.29, 1.82) is 0 Å². The summed E-state index contributed by atoms with van der Waals surface area (Å²) in [4.78, 5) is 26.5. The molecule has 1 aromatic carbocycles. The van der Waals surface area contributed by atoms with Crippen LogP contribution in [-0.4, -0.2) is 53.2 Å². The van der Waals surface area contributed by atoms with Gasteiger partial charge in [-0.05, 0) is 49.1 Å². The van der Waals surface area contributed by atoms with Crippen LogP contribution in [0.4, 0.5) is 14.7 Å². The van der Waals surface area contributed by atoms with Gasteiger partial charge in [0.2, 0.25) is 5.95 Å². The Balaban J connectivity index is 1.36. The number of halogens is 2. The van der Waals surface area contributed by atoms with E-state index in [1.807, 2.05) is 13.8 Å². The van der Waals surface area contributed by atoms with Crippen LogP contribution in [0.3, 0.4) is 0 Å². The second-order valence-corrected chi connectivity index (χ2v) is 10.4. The highest BCUT2D eigenvalue weighted by Crippen LogP contribution is 2.52. The van der Waals surface area contributed by atoms with E-state index in [0.29, 0.717) is 36.9 Å². The molecule has 2 aromatic heterocycles. The molecule has 5 heterocycles. The lowest BCUT2D eigenvalue weighted by atomic mass is 9.94. The van der Waals surface area contributed by atoms with Crippen molar-refractivity contribution in [3.63, 3.8) is 0 Å². The van der Waals surface area contributed by atoms with Gasteiger partial charge in [-0.1, -0.05) is 6.07 Å². The van der Waals surface area contributed by atoms with Crippen LogP contribution >= 0.6 is 11.3 Å².